The second-order valence-electron chi connectivity index (χ2n) is 4.15. The van der Waals surface area contributed by atoms with E-state index in [1.165, 1.54) is 0 Å². The third-order valence-electron chi connectivity index (χ3n) is 1.94. The molecule has 4 heteroatoms. The SMILES string of the molecule is C[Si@@H](OCC(O)CCl)C(C)(C)C. The van der Waals surface area contributed by atoms with Crippen LogP contribution in [0.4, 0.5) is 0 Å². The van der Waals surface area contributed by atoms with E-state index in [9.17, 15) is 0 Å². The van der Waals surface area contributed by atoms with E-state index < -0.39 is 15.1 Å². The molecule has 0 aliphatic rings. The third kappa shape index (κ3) is 5.14. The number of halogens is 1. The van der Waals surface area contributed by atoms with E-state index in [1.807, 2.05) is 0 Å². The lowest BCUT2D eigenvalue weighted by Gasteiger charge is -2.26. The van der Waals surface area contributed by atoms with Crippen molar-refractivity contribution >= 4 is 20.6 Å². The van der Waals surface area contributed by atoms with Crippen LogP contribution in [0.1, 0.15) is 20.8 Å². The fourth-order valence-corrected chi connectivity index (χ4v) is 1.65. The highest BCUT2D eigenvalue weighted by atomic mass is 35.5. The second-order valence-corrected chi connectivity index (χ2v) is 7.81. The van der Waals surface area contributed by atoms with Gasteiger partial charge in [-0.1, -0.05) is 20.8 Å². The van der Waals surface area contributed by atoms with Crippen LogP contribution >= 0.6 is 11.6 Å². The molecule has 0 amide bonds. The molecule has 12 heavy (non-hydrogen) atoms. The van der Waals surface area contributed by atoms with Gasteiger partial charge in [0.1, 0.15) is 0 Å². The monoisotopic (exact) mass is 210 g/mol. The molecule has 0 bridgehead atoms. The highest BCUT2D eigenvalue weighted by Crippen LogP contribution is 2.27. The Hall–Kier alpha value is 0.427. The van der Waals surface area contributed by atoms with Crippen LogP contribution in [-0.4, -0.2) is 32.7 Å². The zero-order valence-corrected chi connectivity index (χ0v) is 10.2. The van der Waals surface area contributed by atoms with Crippen LogP contribution in [0.2, 0.25) is 11.6 Å². The summed E-state index contributed by atoms with van der Waals surface area (Å²) in [6.45, 7) is 9.01. The fourth-order valence-electron chi connectivity index (χ4n) is 0.550. The molecule has 0 aromatic heterocycles. The molecule has 0 aliphatic carbocycles. The molecule has 74 valence electrons. The number of aliphatic hydroxyl groups is 1. The van der Waals surface area contributed by atoms with Crippen LogP contribution in [0.25, 0.3) is 0 Å². The maximum atomic E-state index is 9.14. The summed E-state index contributed by atoms with van der Waals surface area (Å²) >= 11 is 5.44. The van der Waals surface area contributed by atoms with Crippen LogP contribution in [0.5, 0.6) is 0 Å². The first kappa shape index (κ1) is 12.4. The number of aliphatic hydroxyl groups excluding tert-OH is 1. The summed E-state index contributed by atoms with van der Waals surface area (Å²) in [4.78, 5) is 0. The minimum atomic E-state index is -1.18. The molecular weight excluding hydrogens is 192 g/mol. The lowest BCUT2D eigenvalue weighted by molar-refractivity contribution is 0.122. The van der Waals surface area contributed by atoms with Gasteiger partial charge in [0.25, 0.3) is 0 Å². The molecule has 0 heterocycles. The van der Waals surface area contributed by atoms with Crippen molar-refractivity contribution in [3.05, 3.63) is 0 Å². The van der Waals surface area contributed by atoms with Crippen molar-refractivity contribution in [3.8, 4) is 0 Å². The van der Waals surface area contributed by atoms with Gasteiger partial charge in [-0.25, -0.2) is 0 Å². The summed E-state index contributed by atoms with van der Waals surface area (Å²) in [6, 6.07) is 0. The van der Waals surface area contributed by atoms with Crippen molar-refractivity contribution in [1.82, 2.24) is 0 Å². The molecule has 0 aromatic carbocycles. The average Bonchev–Trinajstić information content (AvgIpc) is 1.97. The first-order valence-corrected chi connectivity index (χ1v) is 6.97. The molecule has 0 aliphatic heterocycles. The predicted molar refractivity (Wildman–Crippen MR) is 55.4 cm³/mol. The minimum absolute atomic E-state index is 0.255. The van der Waals surface area contributed by atoms with E-state index in [2.05, 4.69) is 27.3 Å². The summed E-state index contributed by atoms with van der Waals surface area (Å²) < 4.78 is 5.56. The van der Waals surface area contributed by atoms with Gasteiger partial charge in [0.05, 0.1) is 18.6 Å². The van der Waals surface area contributed by atoms with E-state index in [4.69, 9.17) is 21.1 Å². The van der Waals surface area contributed by atoms with Gasteiger partial charge in [0.15, 0.2) is 9.04 Å². The summed E-state index contributed by atoms with van der Waals surface area (Å²) in [6.07, 6.45) is -0.510. The van der Waals surface area contributed by atoms with Crippen molar-refractivity contribution in [2.45, 2.75) is 38.5 Å². The van der Waals surface area contributed by atoms with E-state index in [-0.39, 0.29) is 10.9 Å². The van der Waals surface area contributed by atoms with Crippen molar-refractivity contribution in [2.75, 3.05) is 12.5 Å². The van der Waals surface area contributed by atoms with E-state index in [1.54, 1.807) is 0 Å². The summed E-state index contributed by atoms with van der Waals surface area (Å²) in [7, 11) is -1.18. The highest BCUT2D eigenvalue weighted by molar-refractivity contribution is 6.53. The third-order valence-corrected chi connectivity index (χ3v) is 5.42. The van der Waals surface area contributed by atoms with Crippen LogP contribution in [0, 0.1) is 0 Å². The minimum Gasteiger partial charge on any atom is -0.417 e. The molecule has 1 unspecified atom stereocenters. The molecule has 0 saturated heterocycles. The van der Waals surface area contributed by atoms with Gasteiger partial charge in [-0.15, -0.1) is 11.6 Å². The Balaban J connectivity index is 3.64. The zero-order chi connectivity index (χ0) is 9.78. The Labute approximate surface area is 81.6 Å². The van der Waals surface area contributed by atoms with Gasteiger partial charge in [-0.3, -0.25) is 0 Å². The largest absolute Gasteiger partial charge is 0.417 e. The zero-order valence-electron chi connectivity index (χ0n) is 8.30. The standard InChI is InChI=1S/C8H19ClO2Si/c1-8(2,3)12(4)11-6-7(10)5-9/h7,10,12H,5-6H2,1-4H3/t7?,12-/m1/s1. The Morgan fingerprint density at radius 1 is 1.50 bits per heavy atom. The normalized spacial score (nSPS) is 17.5. The van der Waals surface area contributed by atoms with Crippen LogP contribution in [0.3, 0.4) is 0 Å². The molecule has 0 saturated carbocycles. The smallest absolute Gasteiger partial charge is 0.179 e. The summed E-state index contributed by atoms with van der Waals surface area (Å²) in [5, 5.41) is 9.39. The first-order chi connectivity index (χ1) is 5.38. The summed E-state index contributed by atoms with van der Waals surface area (Å²) in [5.74, 6) is 0.255. The molecular formula is C8H19ClO2Si. The van der Waals surface area contributed by atoms with E-state index in [0.29, 0.717) is 6.61 Å². The quantitative estimate of drug-likeness (QED) is 0.566. The Bertz CT molecular complexity index is 125. The maximum absolute atomic E-state index is 9.14. The summed E-state index contributed by atoms with van der Waals surface area (Å²) in [5.41, 5.74) is 0. The molecule has 0 spiro atoms. The van der Waals surface area contributed by atoms with Gasteiger partial charge in [0.2, 0.25) is 0 Å². The average molecular weight is 211 g/mol. The Morgan fingerprint density at radius 3 is 2.33 bits per heavy atom. The molecule has 0 fully saturated rings. The number of rotatable bonds is 4. The number of hydrogen-bond acceptors (Lipinski definition) is 2. The molecule has 0 rings (SSSR count). The van der Waals surface area contributed by atoms with E-state index in [0.717, 1.165) is 0 Å². The number of alkyl halides is 1. The van der Waals surface area contributed by atoms with Gasteiger partial charge in [-0.2, -0.15) is 0 Å². The van der Waals surface area contributed by atoms with Gasteiger partial charge in [0, 0.05) is 0 Å². The second kappa shape index (κ2) is 5.22. The lowest BCUT2D eigenvalue weighted by Crippen LogP contribution is -2.30. The highest BCUT2D eigenvalue weighted by Gasteiger charge is 2.23. The van der Waals surface area contributed by atoms with Gasteiger partial charge < -0.3 is 9.53 Å². The van der Waals surface area contributed by atoms with Crippen molar-refractivity contribution in [2.24, 2.45) is 0 Å². The Kier molecular flexibility index (Phi) is 5.41. The van der Waals surface area contributed by atoms with Crippen molar-refractivity contribution in [3.63, 3.8) is 0 Å². The fraction of sp³-hybridized carbons (Fsp3) is 1.00. The van der Waals surface area contributed by atoms with Crippen molar-refractivity contribution < 1.29 is 9.53 Å². The predicted octanol–water partition coefficient (Wildman–Crippen LogP) is 1.76. The maximum Gasteiger partial charge on any atom is 0.179 e. The first-order valence-electron chi connectivity index (χ1n) is 4.23. The molecule has 0 aromatic rings. The van der Waals surface area contributed by atoms with Gasteiger partial charge in [-0.05, 0) is 11.6 Å². The lowest BCUT2D eigenvalue weighted by atomic mass is 10.3. The molecule has 2 nitrogen and oxygen atoms in total. The molecule has 1 N–H and O–H groups in total. The molecule has 2 atom stereocenters. The van der Waals surface area contributed by atoms with Crippen LogP contribution in [-0.2, 0) is 4.43 Å². The topological polar surface area (TPSA) is 29.5 Å². The van der Waals surface area contributed by atoms with Crippen LogP contribution in [0.15, 0.2) is 0 Å². The van der Waals surface area contributed by atoms with Crippen molar-refractivity contribution in [1.29, 1.82) is 0 Å². The van der Waals surface area contributed by atoms with E-state index >= 15 is 0 Å². The number of hydrogen-bond donors (Lipinski definition) is 1. The van der Waals surface area contributed by atoms with Gasteiger partial charge >= 0.3 is 0 Å². The molecule has 0 radical (unpaired) electrons. The Morgan fingerprint density at radius 2 is 2.00 bits per heavy atom. The van der Waals surface area contributed by atoms with Crippen LogP contribution < -0.4 is 0 Å².